The molecule has 1 unspecified atom stereocenters. The van der Waals surface area contributed by atoms with E-state index in [1.165, 1.54) is 31.4 Å². The molecule has 2 rings (SSSR count). The minimum atomic E-state index is -0.606. The molecule has 0 saturated heterocycles. The molecule has 1 aromatic carbocycles. The first-order valence-electron chi connectivity index (χ1n) is 6.30. The number of nitro groups is 1. The van der Waals surface area contributed by atoms with Crippen molar-refractivity contribution < 1.29 is 10.0 Å². The van der Waals surface area contributed by atoms with E-state index in [4.69, 9.17) is 0 Å². The summed E-state index contributed by atoms with van der Waals surface area (Å²) in [6.45, 7) is 1.44. The van der Waals surface area contributed by atoms with Gasteiger partial charge in [-0.1, -0.05) is 6.42 Å². The smallest absolute Gasteiger partial charge is 0.269 e. The Morgan fingerprint density at radius 2 is 2.06 bits per heavy atom. The quantitative estimate of drug-likeness (QED) is 0.598. The van der Waals surface area contributed by atoms with Crippen molar-refractivity contribution in [2.45, 2.75) is 25.4 Å². The number of aliphatic hydroxyl groups is 1. The van der Waals surface area contributed by atoms with Crippen molar-refractivity contribution >= 4 is 5.69 Å². The number of non-ortho nitro benzene ring substituents is 1. The highest BCUT2D eigenvalue weighted by Crippen LogP contribution is 2.25. The van der Waals surface area contributed by atoms with Crippen molar-refractivity contribution in [3.8, 4) is 0 Å². The average molecular weight is 250 g/mol. The number of nitrogens with zero attached hydrogens (tertiary/aromatic N) is 1. The van der Waals surface area contributed by atoms with Crippen molar-refractivity contribution in [1.82, 2.24) is 5.32 Å². The van der Waals surface area contributed by atoms with Crippen molar-refractivity contribution in [1.29, 1.82) is 0 Å². The summed E-state index contributed by atoms with van der Waals surface area (Å²) in [4.78, 5) is 10.1. The third-order valence-corrected chi connectivity index (χ3v) is 3.48. The second-order valence-electron chi connectivity index (χ2n) is 4.82. The Bertz CT molecular complexity index is 401. The standard InChI is InChI=1S/C13H18N2O3/c16-13(9-14-8-10-2-1-3-10)11-4-6-12(7-5-11)15(17)18/h4-7,10,13-14,16H,1-3,8-9H2. The van der Waals surface area contributed by atoms with Gasteiger partial charge in [0.1, 0.15) is 0 Å². The highest BCUT2D eigenvalue weighted by molar-refractivity contribution is 5.33. The van der Waals surface area contributed by atoms with E-state index in [0.29, 0.717) is 12.1 Å². The zero-order chi connectivity index (χ0) is 13.0. The molecule has 0 spiro atoms. The number of nitro benzene ring substituents is 1. The van der Waals surface area contributed by atoms with E-state index in [-0.39, 0.29) is 5.69 Å². The molecule has 0 heterocycles. The first kappa shape index (κ1) is 13.0. The van der Waals surface area contributed by atoms with Gasteiger partial charge in [-0.15, -0.1) is 0 Å². The number of benzene rings is 1. The minimum Gasteiger partial charge on any atom is -0.387 e. The molecule has 1 atom stereocenters. The third kappa shape index (κ3) is 3.27. The largest absolute Gasteiger partial charge is 0.387 e. The Morgan fingerprint density at radius 1 is 1.39 bits per heavy atom. The van der Waals surface area contributed by atoms with Crippen LogP contribution in [0.2, 0.25) is 0 Å². The van der Waals surface area contributed by atoms with Crippen LogP contribution in [-0.4, -0.2) is 23.1 Å². The normalized spacial score (nSPS) is 17.2. The fraction of sp³-hybridized carbons (Fsp3) is 0.538. The molecule has 1 aromatic rings. The van der Waals surface area contributed by atoms with Crippen molar-refractivity contribution in [3.05, 3.63) is 39.9 Å². The van der Waals surface area contributed by atoms with E-state index in [0.717, 1.165) is 12.5 Å². The molecule has 5 nitrogen and oxygen atoms in total. The van der Waals surface area contributed by atoms with Crippen LogP contribution in [0.3, 0.4) is 0 Å². The summed E-state index contributed by atoms with van der Waals surface area (Å²) in [5.41, 5.74) is 0.759. The second-order valence-corrected chi connectivity index (χ2v) is 4.82. The first-order chi connectivity index (χ1) is 8.66. The Labute approximate surface area is 106 Å². The third-order valence-electron chi connectivity index (χ3n) is 3.48. The van der Waals surface area contributed by atoms with Gasteiger partial charge in [0.15, 0.2) is 0 Å². The maximum atomic E-state index is 10.5. The Balaban J connectivity index is 1.80. The molecular weight excluding hydrogens is 232 g/mol. The Hall–Kier alpha value is -1.46. The lowest BCUT2D eigenvalue weighted by Gasteiger charge is -2.26. The van der Waals surface area contributed by atoms with E-state index >= 15 is 0 Å². The molecule has 0 aromatic heterocycles. The summed E-state index contributed by atoms with van der Waals surface area (Å²) in [7, 11) is 0. The number of aliphatic hydroxyl groups excluding tert-OH is 1. The molecule has 98 valence electrons. The second kappa shape index (κ2) is 5.93. The predicted octanol–water partition coefficient (Wildman–Crippen LogP) is 2.02. The molecule has 1 fully saturated rings. The monoisotopic (exact) mass is 250 g/mol. The van der Waals surface area contributed by atoms with Gasteiger partial charge < -0.3 is 10.4 Å². The highest BCUT2D eigenvalue weighted by Gasteiger charge is 2.17. The molecule has 2 N–H and O–H groups in total. The summed E-state index contributed by atoms with van der Waals surface area (Å²) in [6.07, 6.45) is 3.27. The molecule has 0 radical (unpaired) electrons. The zero-order valence-electron chi connectivity index (χ0n) is 10.2. The van der Waals surface area contributed by atoms with Crippen LogP contribution in [0.5, 0.6) is 0 Å². The van der Waals surface area contributed by atoms with Gasteiger partial charge >= 0.3 is 0 Å². The molecule has 1 aliphatic carbocycles. The van der Waals surface area contributed by atoms with E-state index in [2.05, 4.69) is 5.32 Å². The number of hydrogen-bond donors (Lipinski definition) is 2. The van der Waals surface area contributed by atoms with E-state index < -0.39 is 11.0 Å². The Morgan fingerprint density at radius 3 is 2.56 bits per heavy atom. The van der Waals surface area contributed by atoms with Gasteiger partial charge in [0.2, 0.25) is 0 Å². The molecular formula is C13H18N2O3. The summed E-state index contributed by atoms with van der Waals surface area (Å²) < 4.78 is 0. The fourth-order valence-electron chi connectivity index (χ4n) is 2.06. The van der Waals surface area contributed by atoms with Crippen LogP contribution in [-0.2, 0) is 0 Å². The van der Waals surface area contributed by atoms with Gasteiger partial charge in [-0.3, -0.25) is 10.1 Å². The maximum absolute atomic E-state index is 10.5. The van der Waals surface area contributed by atoms with Crippen LogP contribution in [0.4, 0.5) is 5.69 Å². The lowest BCUT2D eigenvalue weighted by molar-refractivity contribution is -0.384. The van der Waals surface area contributed by atoms with Crippen LogP contribution in [0.1, 0.15) is 30.9 Å². The lowest BCUT2D eigenvalue weighted by Crippen LogP contribution is -2.30. The van der Waals surface area contributed by atoms with Gasteiger partial charge in [-0.25, -0.2) is 0 Å². The maximum Gasteiger partial charge on any atom is 0.269 e. The first-order valence-corrected chi connectivity index (χ1v) is 6.30. The molecule has 0 amide bonds. The topological polar surface area (TPSA) is 75.4 Å². The summed E-state index contributed by atoms with van der Waals surface area (Å²) >= 11 is 0. The van der Waals surface area contributed by atoms with Crippen LogP contribution in [0, 0.1) is 16.0 Å². The molecule has 0 aliphatic heterocycles. The zero-order valence-corrected chi connectivity index (χ0v) is 10.2. The molecule has 1 aliphatic rings. The highest BCUT2D eigenvalue weighted by atomic mass is 16.6. The van der Waals surface area contributed by atoms with Gasteiger partial charge in [0.25, 0.3) is 5.69 Å². The van der Waals surface area contributed by atoms with Crippen LogP contribution in [0.25, 0.3) is 0 Å². The average Bonchev–Trinajstić information content (AvgIpc) is 2.32. The molecule has 0 bridgehead atoms. The summed E-state index contributed by atoms with van der Waals surface area (Å²) in [5.74, 6) is 0.758. The SMILES string of the molecule is O=[N+]([O-])c1ccc(C(O)CNCC2CCC2)cc1. The van der Waals surface area contributed by atoms with Crippen LogP contribution in [0.15, 0.2) is 24.3 Å². The predicted molar refractivity (Wildman–Crippen MR) is 68.3 cm³/mol. The van der Waals surface area contributed by atoms with Gasteiger partial charge in [0.05, 0.1) is 11.0 Å². The van der Waals surface area contributed by atoms with Crippen LogP contribution < -0.4 is 5.32 Å². The fourth-order valence-corrected chi connectivity index (χ4v) is 2.06. The van der Waals surface area contributed by atoms with Crippen molar-refractivity contribution in [2.24, 2.45) is 5.92 Å². The summed E-state index contributed by atoms with van der Waals surface area (Å²) in [5, 5.41) is 23.7. The molecule has 18 heavy (non-hydrogen) atoms. The molecule has 1 saturated carbocycles. The van der Waals surface area contributed by atoms with E-state index in [9.17, 15) is 15.2 Å². The van der Waals surface area contributed by atoms with E-state index in [1.807, 2.05) is 0 Å². The van der Waals surface area contributed by atoms with Crippen LogP contribution >= 0.6 is 0 Å². The van der Waals surface area contributed by atoms with Crippen molar-refractivity contribution in [3.63, 3.8) is 0 Å². The minimum absolute atomic E-state index is 0.0494. The van der Waals surface area contributed by atoms with Crippen molar-refractivity contribution in [2.75, 3.05) is 13.1 Å². The van der Waals surface area contributed by atoms with Gasteiger partial charge in [0, 0.05) is 18.7 Å². The number of hydrogen-bond acceptors (Lipinski definition) is 4. The van der Waals surface area contributed by atoms with Gasteiger partial charge in [-0.2, -0.15) is 0 Å². The number of nitrogens with one attached hydrogen (secondary N) is 1. The molecule has 5 heteroatoms. The Kier molecular flexibility index (Phi) is 4.28. The van der Waals surface area contributed by atoms with Gasteiger partial charge in [-0.05, 0) is 43.0 Å². The summed E-state index contributed by atoms with van der Waals surface area (Å²) in [6, 6.07) is 6.05. The van der Waals surface area contributed by atoms with E-state index in [1.54, 1.807) is 12.1 Å². The lowest BCUT2D eigenvalue weighted by atomic mass is 9.85. The number of rotatable bonds is 6.